The van der Waals surface area contributed by atoms with Crippen molar-refractivity contribution >= 4 is 17.8 Å². The van der Waals surface area contributed by atoms with Crippen LogP contribution in [-0.4, -0.2) is 41.3 Å². The van der Waals surface area contributed by atoms with Gasteiger partial charge in [-0.25, -0.2) is 4.79 Å². The third-order valence-electron chi connectivity index (χ3n) is 3.81. The van der Waals surface area contributed by atoms with Crippen molar-refractivity contribution in [2.24, 2.45) is 0 Å². The summed E-state index contributed by atoms with van der Waals surface area (Å²) < 4.78 is 0. The molecular formula is C14H28N2O2S. The molecule has 1 fully saturated rings. The van der Waals surface area contributed by atoms with E-state index in [1.807, 2.05) is 6.26 Å². The van der Waals surface area contributed by atoms with Gasteiger partial charge >= 0.3 is 6.03 Å². The lowest BCUT2D eigenvalue weighted by Gasteiger charge is -2.27. The Balaban J connectivity index is 2.31. The first-order valence-electron chi connectivity index (χ1n) is 7.35. The molecule has 0 radical (unpaired) electrons. The van der Waals surface area contributed by atoms with Crippen molar-refractivity contribution < 1.29 is 9.90 Å². The van der Waals surface area contributed by atoms with Crippen LogP contribution in [0.1, 0.15) is 51.9 Å². The van der Waals surface area contributed by atoms with Gasteiger partial charge in [-0.2, -0.15) is 11.8 Å². The molecule has 1 saturated carbocycles. The zero-order valence-corrected chi connectivity index (χ0v) is 13.0. The van der Waals surface area contributed by atoms with Crippen LogP contribution in [0.25, 0.3) is 0 Å². The minimum atomic E-state index is -0.699. The summed E-state index contributed by atoms with van der Waals surface area (Å²) in [6.07, 6.45) is 9.08. The van der Waals surface area contributed by atoms with Crippen LogP contribution in [0.15, 0.2) is 0 Å². The predicted octanol–water partition coefficient (Wildman–Crippen LogP) is 2.51. The number of hydrogen-bond acceptors (Lipinski definition) is 3. The zero-order chi connectivity index (χ0) is 14.1. The van der Waals surface area contributed by atoms with E-state index in [0.717, 1.165) is 37.9 Å². The van der Waals surface area contributed by atoms with Crippen LogP contribution in [0.2, 0.25) is 0 Å². The Labute approximate surface area is 121 Å². The highest BCUT2D eigenvalue weighted by Crippen LogP contribution is 2.26. The molecule has 1 aliphatic carbocycles. The minimum Gasteiger partial charge on any atom is -0.388 e. The smallest absolute Gasteiger partial charge is 0.315 e. The molecule has 0 aromatic heterocycles. The summed E-state index contributed by atoms with van der Waals surface area (Å²) in [6.45, 7) is 2.44. The molecule has 19 heavy (non-hydrogen) atoms. The average molecular weight is 288 g/mol. The number of amides is 2. The molecule has 0 spiro atoms. The Hall–Kier alpha value is -0.420. The lowest BCUT2D eigenvalue weighted by molar-refractivity contribution is 0.0276. The van der Waals surface area contributed by atoms with Gasteiger partial charge < -0.3 is 15.7 Å². The van der Waals surface area contributed by atoms with E-state index in [1.165, 1.54) is 12.8 Å². The highest BCUT2D eigenvalue weighted by Gasteiger charge is 2.28. The van der Waals surface area contributed by atoms with E-state index in [0.29, 0.717) is 6.54 Å². The number of carbonyl (C=O) groups excluding carboxylic acids is 1. The number of nitrogens with one attached hydrogen (secondary N) is 2. The maximum atomic E-state index is 11.8. The summed E-state index contributed by atoms with van der Waals surface area (Å²) in [5.74, 6) is 0.925. The third-order valence-corrected chi connectivity index (χ3v) is 4.54. The number of carbonyl (C=O) groups is 1. The van der Waals surface area contributed by atoms with Crippen LogP contribution in [0.5, 0.6) is 0 Å². The van der Waals surface area contributed by atoms with E-state index in [-0.39, 0.29) is 12.1 Å². The van der Waals surface area contributed by atoms with Crippen LogP contribution in [-0.2, 0) is 0 Å². The first-order valence-corrected chi connectivity index (χ1v) is 8.74. The minimum absolute atomic E-state index is 0.154. The Morgan fingerprint density at radius 1 is 1.32 bits per heavy atom. The van der Waals surface area contributed by atoms with E-state index in [9.17, 15) is 9.90 Å². The van der Waals surface area contributed by atoms with Gasteiger partial charge in [0, 0.05) is 18.3 Å². The van der Waals surface area contributed by atoms with Crippen molar-refractivity contribution in [2.45, 2.75) is 63.5 Å². The summed E-state index contributed by atoms with van der Waals surface area (Å²) >= 11 is 1.73. The van der Waals surface area contributed by atoms with Crippen molar-refractivity contribution in [3.8, 4) is 0 Å². The third kappa shape index (κ3) is 6.52. The van der Waals surface area contributed by atoms with Gasteiger partial charge in [0.1, 0.15) is 0 Å². The fraction of sp³-hybridized carbons (Fsp3) is 0.929. The molecule has 5 heteroatoms. The molecule has 0 aliphatic heterocycles. The van der Waals surface area contributed by atoms with Crippen LogP contribution in [0, 0.1) is 0 Å². The maximum absolute atomic E-state index is 11.8. The Kier molecular flexibility index (Phi) is 7.61. The van der Waals surface area contributed by atoms with Gasteiger partial charge in [0.15, 0.2) is 0 Å². The maximum Gasteiger partial charge on any atom is 0.315 e. The molecular weight excluding hydrogens is 260 g/mol. The van der Waals surface area contributed by atoms with Crippen molar-refractivity contribution in [1.82, 2.24) is 10.6 Å². The van der Waals surface area contributed by atoms with Gasteiger partial charge in [-0.3, -0.25) is 0 Å². The second-order valence-corrected chi connectivity index (χ2v) is 6.44. The Morgan fingerprint density at radius 2 is 1.95 bits per heavy atom. The van der Waals surface area contributed by atoms with Gasteiger partial charge in [0.2, 0.25) is 0 Å². The van der Waals surface area contributed by atoms with Gasteiger partial charge in [-0.05, 0) is 25.5 Å². The monoisotopic (exact) mass is 288 g/mol. The van der Waals surface area contributed by atoms with E-state index < -0.39 is 5.60 Å². The number of rotatable bonds is 6. The van der Waals surface area contributed by atoms with Gasteiger partial charge in [0.05, 0.1) is 5.60 Å². The average Bonchev–Trinajstić information content (AvgIpc) is 2.61. The van der Waals surface area contributed by atoms with E-state index in [2.05, 4.69) is 17.6 Å². The first kappa shape index (κ1) is 16.6. The molecule has 4 nitrogen and oxygen atoms in total. The van der Waals surface area contributed by atoms with E-state index in [4.69, 9.17) is 0 Å². The van der Waals surface area contributed by atoms with Crippen molar-refractivity contribution in [2.75, 3.05) is 18.6 Å². The molecule has 2 amide bonds. The van der Waals surface area contributed by atoms with Crippen LogP contribution >= 0.6 is 11.8 Å². The predicted molar refractivity (Wildman–Crippen MR) is 81.6 cm³/mol. The summed E-state index contributed by atoms with van der Waals surface area (Å²) in [6, 6.07) is 0.0531. The highest BCUT2D eigenvalue weighted by atomic mass is 32.2. The molecule has 1 unspecified atom stereocenters. The van der Waals surface area contributed by atoms with Crippen LogP contribution in [0.4, 0.5) is 4.79 Å². The van der Waals surface area contributed by atoms with Gasteiger partial charge in [-0.15, -0.1) is 0 Å². The molecule has 1 atom stereocenters. The topological polar surface area (TPSA) is 61.4 Å². The highest BCUT2D eigenvalue weighted by molar-refractivity contribution is 7.98. The van der Waals surface area contributed by atoms with Gasteiger partial charge in [-0.1, -0.05) is 32.6 Å². The van der Waals surface area contributed by atoms with E-state index in [1.54, 1.807) is 11.8 Å². The van der Waals surface area contributed by atoms with Crippen molar-refractivity contribution in [1.29, 1.82) is 0 Å². The van der Waals surface area contributed by atoms with E-state index >= 15 is 0 Å². The Morgan fingerprint density at radius 3 is 2.47 bits per heavy atom. The summed E-state index contributed by atoms with van der Waals surface area (Å²) in [7, 11) is 0. The quantitative estimate of drug-likeness (QED) is 0.658. The van der Waals surface area contributed by atoms with Crippen molar-refractivity contribution in [3.63, 3.8) is 0 Å². The summed E-state index contributed by atoms with van der Waals surface area (Å²) in [5.41, 5.74) is -0.699. The number of hydrogen-bond donors (Lipinski definition) is 3. The second kappa shape index (κ2) is 8.69. The molecule has 0 aromatic carbocycles. The number of aliphatic hydroxyl groups is 1. The molecule has 0 aromatic rings. The SMILES string of the molecule is CCC(CSC)NC(=O)NCC1(O)CCCCCC1. The molecule has 0 saturated heterocycles. The van der Waals surface area contributed by atoms with Crippen molar-refractivity contribution in [3.05, 3.63) is 0 Å². The number of urea groups is 1. The molecule has 3 N–H and O–H groups in total. The summed E-state index contributed by atoms with van der Waals surface area (Å²) in [5, 5.41) is 16.2. The van der Waals surface area contributed by atoms with Crippen LogP contribution in [0.3, 0.4) is 0 Å². The zero-order valence-electron chi connectivity index (χ0n) is 12.2. The molecule has 0 heterocycles. The number of thioether (sulfide) groups is 1. The van der Waals surface area contributed by atoms with Gasteiger partial charge in [0.25, 0.3) is 0 Å². The normalized spacial score (nSPS) is 20.4. The summed E-state index contributed by atoms with van der Waals surface area (Å²) in [4.78, 5) is 11.8. The second-order valence-electron chi connectivity index (χ2n) is 5.53. The lowest BCUT2D eigenvalue weighted by atomic mass is 9.94. The molecule has 1 rings (SSSR count). The molecule has 112 valence electrons. The molecule has 1 aliphatic rings. The fourth-order valence-corrected chi connectivity index (χ4v) is 3.23. The lowest BCUT2D eigenvalue weighted by Crippen LogP contribution is -2.49. The standard InChI is InChI=1S/C14H28N2O2S/c1-3-12(10-19-2)16-13(17)15-11-14(18)8-6-4-5-7-9-14/h12,18H,3-11H2,1-2H3,(H2,15,16,17). The largest absolute Gasteiger partial charge is 0.388 e. The van der Waals surface area contributed by atoms with Crippen LogP contribution < -0.4 is 10.6 Å². The Bertz CT molecular complexity index is 266. The first-order chi connectivity index (χ1) is 9.09. The molecule has 0 bridgehead atoms. The fourth-order valence-electron chi connectivity index (χ4n) is 2.51.